The molecule has 0 atom stereocenters. The number of nitrogens with zero attached hydrogens (tertiary/aromatic N) is 3. The summed E-state index contributed by atoms with van der Waals surface area (Å²) < 4.78 is 7.97. The molecule has 5 nitrogen and oxygen atoms in total. The van der Waals surface area contributed by atoms with E-state index in [0.717, 1.165) is 29.5 Å². The van der Waals surface area contributed by atoms with Crippen molar-refractivity contribution in [2.45, 2.75) is 46.9 Å². The standard InChI is InChI=1S/C16H24N4O/c1-11(2)17-9-14-8-6-7-12(3)16(14)21-10-15-19-18-13(4)20(15)5/h6-8,11,17H,9-10H2,1-5H3. The fourth-order valence-electron chi connectivity index (χ4n) is 2.09. The van der Waals surface area contributed by atoms with Crippen LogP contribution >= 0.6 is 0 Å². The lowest BCUT2D eigenvalue weighted by atomic mass is 10.1. The molecule has 0 spiro atoms. The number of hydrogen-bond donors (Lipinski definition) is 1. The van der Waals surface area contributed by atoms with Crippen LogP contribution in [-0.4, -0.2) is 20.8 Å². The van der Waals surface area contributed by atoms with E-state index in [0.29, 0.717) is 12.6 Å². The molecule has 0 radical (unpaired) electrons. The van der Waals surface area contributed by atoms with Gasteiger partial charge in [-0.2, -0.15) is 0 Å². The third kappa shape index (κ3) is 3.82. The van der Waals surface area contributed by atoms with Gasteiger partial charge in [-0.1, -0.05) is 32.0 Å². The average molecular weight is 288 g/mol. The van der Waals surface area contributed by atoms with E-state index in [2.05, 4.69) is 54.5 Å². The third-order valence-electron chi connectivity index (χ3n) is 3.52. The molecular weight excluding hydrogens is 264 g/mol. The largest absolute Gasteiger partial charge is 0.485 e. The first-order chi connectivity index (χ1) is 9.99. The van der Waals surface area contributed by atoms with Crippen molar-refractivity contribution in [2.75, 3.05) is 0 Å². The summed E-state index contributed by atoms with van der Waals surface area (Å²) in [7, 11) is 1.95. The summed E-state index contributed by atoms with van der Waals surface area (Å²) in [5.41, 5.74) is 2.31. The molecule has 2 rings (SSSR count). The zero-order chi connectivity index (χ0) is 15.4. The van der Waals surface area contributed by atoms with Gasteiger partial charge >= 0.3 is 0 Å². The van der Waals surface area contributed by atoms with Gasteiger partial charge < -0.3 is 14.6 Å². The lowest BCUT2D eigenvalue weighted by Gasteiger charge is -2.15. The molecule has 0 saturated carbocycles. The highest BCUT2D eigenvalue weighted by Gasteiger charge is 2.10. The Bertz CT molecular complexity index is 604. The van der Waals surface area contributed by atoms with E-state index in [1.165, 1.54) is 5.56 Å². The Morgan fingerprint density at radius 1 is 1.24 bits per heavy atom. The molecule has 0 aliphatic heterocycles. The van der Waals surface area contributed by atoms with Gasteiger partial charge in [-0.3, -0.25) is 0 Å². The Labute approximate surface area is 126 Å². The average Bonchev–Trinajstić information content (AvgIpc) is 2.75. The predicted octanol–water partition coefficient (Wildman–Crippen LogP) is 2.51. The Hall–Kier alpha value is -1.88. The molecule has 0 fully saturated rings. The van der Waals surface area contributed by atoms with Crippen LogP contribution in [0, 0.1) is 13.8 Å². The Morgan fingerprint density at radius 2 is 2.00 bits per heavy atom. The minimum atomic E-state index is 0.427. The van der Waals surface area contributed by atoms with Crippen LogP contribution in [0.3, 0.4) is 0 Å². The summed E-state index contributed by atoms with van der Waals surface area (Å²) in [5.74, 6) is 2.66. The molecule has 114 valence electrons. The van der Waals surface area contributed by atoms with Crippen molar-refractivity contribution in [2.24, 2.45) is 7.05 Å². The van der Waals surface area contributed by atoms with Crippen LogP contribution in [0.4, 0.5) is 0 Å². The summed E-state index contributed by atoms with van der Waals surface area (Å²) >= 11 is 0. The number of ether oxygens (including phenoxy) is 1. The van der Waals surface area contributed by atoms with Gasteiger partial charge in [0, 0.05) is 25.2 Å². The van der Waals surface area contributed by atoms with E-state index < -0.39 is 0 Å². The molecule has 0 bridgehead atoms. The predicted molar refractivity (Wildman–Crippen MR) is 83.2 cm³/mol. The highest BCUT2D eigenvalue weighted by Crippen LogP contribution is 2.24. The highest BCUT2D eigenvalue weighted by molar-refractivity contribution is 5.40. The van der Waals surface area contributed by atoms with Crippen molar-refractivity contribution in [3.05, 3.63) is 41.0 Å². The van der Waals surface area contributed by atoms with Gasteiger partial charge in [0.1, 0.15) is 18.2 Å². The summed E-state index contributed by atoms with van der Waals surface area (Å²) in [5, 5.41) is 11.6. The molecule has 1 N–H and O–H groups in total. The minimum absolute atomic E-state index is 0.427. The SMILES string of the molecule is Cc1cccc(CNC(C)C)c1OCc1nnc(C)n1C. The molecule has 0 saturated heterocycles. The van der Waals surface area contributed by atoms with Crippen LogP contribution in [0.15, 0.2) is 18.2 Å². The zero-order valence-electron chi connectivity index (χ0n) is 13.5. The van der Waals surface area contributed by atoms with Gasteiger partial charge in [0.15, 0.2) is 5.82 Å². The first-order valence-electron chi connectivity index (χ1n) is 7.28. The summed E-state index contributed by atoms with van der Waals surface area (Å²) in [6.07, 6.45) is 0. The van der Waals surface area contributed by atoms with Gasteiger partial charge in [-0.25, -0.2) is 0 Å². The van der Waals surface area contributed by atoms with Crippen LogP contribution in [0.2, 0.25) is 0 Å². The summed E-state index contributed by atoms with van der Waals surface area (Å²) in [4.78, 5) is 0. The van der Waals surface area contributed by atoms with Gasteiger partial charge in [-0.05, 0) is 19.4 Å². The number of para-hydroxylation sites is 1. The Balaban J connectivity index is 2.13. The maximum absolute atomic E-state index is 6.02. The molecule has 21 heavy (non-hydrogen) atoms. The number of rotatable bonds is 6. The Kier molecular flexibility index (Phi) is 4.96. The fraction of sp³-hybridized carbons (Fsp3) is 0.500. The lowest BCUT2D eigenvalue weighted by molar-refractivity contribution is 0.285. The molecule has 0 aliphatic rings. The number of aryl methyl sites for hydroxylation is 2. The monoisotopic (exact) mass is 288 g/mol. The van der Waals surface area contributed by atoms with Crippen molar-refractivity contribution >= 4 is 0 Å². The van der Waals surface area contributed by atoms with Gasteiger partial charge in [0.2, 0.25) is 0 Å². The molecule has 2 aromatic rings. The molecule has 1 aromatic carbocycles. The molecule has 0 unspecified atom stereocenters. The van der Waals surface area contributed by atoms with Crippen molar-refractivity contribution < 1.29 is 4.74 Å². The van der Waals surface area contributed by atoms with Crippen molar-refractivity contribution in [3.8, 4) is 5.75 Å². The zero-order valence-corrected chi connectivity index (χ0v) is 13.5. The number of aromatic nitrogens is 3. The lowest BCUT2D eigenvalue weighted by Crippen LogP contribution is -2.22. The van der Waals surface area contributed by atoms with Crippen LogP contribution in [0.1, 0.15) is 36.6 Å². The Morgan fingerprint density at radius 3 is 2.62 bits per heavy atom. The van der Waals surface area contributed by atoms with E-state index in [9.17, 15) is 0 Å². The maximum Gasteiger partial charge on any atom is 0.170 e. The first-order valence-corrected chi connectivity index (χ1v) is 7.28. The van der Waals surface area contributed by atoms with Gasteiger partial charge in [0.05, 0.1) is 0 Å². The third-order valence-corrected chi connectivity index (χ3v) is 3.52. The minimum Gasteiger partial charge on any atom is -0.485 e. The topological polar surface area (TPSA) is 52.0 Å². The molecular formula is C16H24N4O. The van der Waals surface area contributed by atoms with E-state index >= 15 is 0 Å². The summed E-state index contributed by atoms with van der Waals surface area (Å²) in [6, 6.07) is 6.67. The van der Waals surface area contributed by atoms with Crippen molar-refractivity contribution in [3.63, 3.8) is 0 Å². The molecule has 0 aliphatic carbocycles. The van der Waals surface area contributed by atoms with E-state index in [1.54, 1.807) is 0 Å². The second-order valence-electron chi connectivity index (χ2n) is 5.61. The maximum atomic E-state index is 6.02. The molecule has 5 heteroatoms. The van der Waals surface area contributed by atoms with Crippen LogP contribution in [0.5, 0.6) is 5.75 Å². The number of hydrogen-bond acceptors (Lipinski definition) is 4. The van der Waals surface area contributed by atoms with E-state index in [1.807, 2.05) is 18.5 Å². The van der Waals surface area contributed by atoms with Gasteiger partial charge in [0.25, 0.3) is 0 Å². The fourth-order valence-corrected chi connectivity index (χ4v) is 2.09. The first kappa shape index (κ1) is 15.5. The van der Waals surface area contributed by atoms with E-state index in [-0.39, 0.29) is 0 Å². The smallest absolute Gasteiger partial charge is 0.170 e. The molecule has 0 amide bonds. The van der Waals surface area contributed by atoms with Crippen LogP contribution in [-0.2, 0) is 20.2 Å². The van der Waals surface area contributed by atoms with Crippen LogP contribution in [0.25, 0.3) is 0 Å². The molecule has 1 heterocycles. The highest BCUT2D eigenvalue weighted by atomic mass is 16.5. The van der Waals surface area contributed by atoms with Crippen molar-refractivity contribution in [1.82, 2.24) is 20.1 Å². The van der Waals surface area contributed by atoms with Gasteiger partial charge in [-0.15, -0.1) is 10.2 Å². The quantitative estimate of drug-likeness (QED) is 0.887. The van der Waals surface area contributed by atoms with Crippen molar-refractivity contribution in [1.29, 1.82) is 0 Å². The number of benzene rings is 1. The molecule has 1 aromatic heterocycles. The normalized spacial score (nSPS) is 11.1. The van der Waals surface area contributed by atoms with E-state index in [4.69, 9.17) is 4.74 Å². The van der Waals surface area contributed by atoms with Crippen LogP contribution < -0.4 is 10.1 Å². The second-order valence-corrected chi connectivity index (χ2v) is 5.61. The number of nitrogens with one attached hydrogen (secondary N) is 1. The second kappa shape index (κ2) is 6.72. The summed E-state index contributed by atoms with van der Waals surface area (Å²) in [6.45, 7) is 9.50.